The van der Waals surface area contributed by atoms with Crippen LogP contribution in [0.2, 0.25) is 0 Å². The lowest BCUT2D eigenvalue weighted by Gasteiger charge is -2.23. The van der Waals surface area contributed by atoms with Crippen LogP contribution in [0.4, 0.5) is 5.69 Å². The second kappa shape index (κ2) is 10.9. The van der Waals surface area contributed by atoms with E-state index >= 15 is 0 Å². The van der Waals surface area contributed by atoms with Crippen molar-refractivity contribution in [1.82, 2.24) is 0 Å². The van der Waals surface area contributed by atoms with Gasteiger partial charge in [0.25, 0.3) is 0 Å². The van der Waals surface area contributed by atoms with Crippen LogP contribution in [-0.4, -0.2) is 32.8 Å². The summed E-state index contributed by atoms with van der Waals surface area (Å²) < 4.78 is 10.2. The first-order valence-electron chi connectivity index (χ1n) is 7.42. The molecule has 0 saturated heterocycles. The molecule has 4 nitrogen and oxygen atoms in total. The van der Waals surface area contributed by atoms with E-state index in [1.807, 2.05) is 24.3 Å². The van der Waals surface area contributed by atoms with E-state index in [-0.39, 0.29) is 6.79 Å². The zero-order chi connectivity index (χ0) is 15.3. The molecule has 0 amide bonds. The maximum absolute atomic E-state index is 10.7. The van der Waals surface area contributed by atoms with Crippen molar-refractivity contribution in [3.8, 4) is 0 Å². The number of carbonyl (C=O) groups excluding carboxylic acids is 1. The van der Waals surface area contributed by atoms with Crippen LogP contribution in [-0.2, 0) is 9.47 Å². The summed E-state index contributed by atoms with van der Waals surface area (Å²) in [6.45, 7) is 8.57. The highest BCUT2D eigenvalue weighted by atomic mass is 16.7. The number of aldehydes is 1. The average molecular weight is 291 g/mol. The monoisotopic (exact) mass is 291 g/mol. The van der Waals surface area contributed by atoms with Gasteiger partial charge in [0.2, 0.25) is 0 Å². The second-order valence-corrected chi connectivity index (χ2v) is 4.71. The maximum atomic E-state index is 10.7. The van der Waals surface area contributed by atoms with Gasteiger partial charge < -0.3 is 14.4 Å². The van der Waals surface area contributed by atoms with E-state index in [2.05, 4.69) is 18.4 Å². The zero-order valence-corrected chi connectivity index (χ0v) is 12.8. The van der Waals surface area contributed by atoms with Gasteiger partial charge in [-0.1, -0.05) is 6.58 Å². The summed E-state index contributed by atoms with van der Waals surface area (Å²) in [5.41, 5.74) is 1.88. The van der Waals surface area contributed by atoms with E-state index in [0.29, 0.717) is 12.2 Å². The molecule has 0 aromatic heterocycles. The van der Waals surface area contributed by atoms with Crippen LogP contribution in [0.1, 0.15) is 36.5 Å². The number of nitrogens with zero attached hydrogens (tertiary/aromatic N) is 1. The molecule has 0 saturated carbocycles. The molecule has 1 aromatic carbocycles. The largest absolute Gasteiger partial charge is 0.476 e. The molecule has 0 bridgehead atoms. The number of hydrogen-bond acceptors (Lipinski definition) is 4. The molecule has 0 heterocycles. The molecule has 1 rings (SSSR count). The van der Waals surface area contributed by atoms with Crippen molar-refractivity contribution < 1.29 is 14.3 Å². The van der Waals surface area contributed by atoms with Gasteiger partial charge >= 0.3 is 0 Å². The lowest BCUT2D eigenvalue weighted by Crippen LogP contribution is -2.23. The highest BCUT2D eigenvalue weighted by Gasteiger charge is 2.03. The van der Waals surface area contributed by atoms with Crippen LogP contribution in [0.25, 0.3) is 0 Å². The van der Waals surface area contributed by atoms with Crippen LogP contribution in [0, 0.1) is 0 Å². The third-order valence-corrected chi connectivity index (χ3v) is 3.26. The van der Waals surface area contributed by atoms with Gasteiger partial charge in [-0.2, -0.15) is 0 Å². The normalized spacial score (nSPS) is 10.1. The molecule has 21 heavy (non-hydrogen) atoms. The number of anilines is 1. The molecular formula is C17H25NO3. The minimum atomic E-state index is 0.285. The fourth-order valence-electron chi connectivity index (χ4n) is 2.07. The van der Waals surface area contributed by atoms with Crippen molar-refractivity contribution in [2.24, 2.45) is 0 Å². The van der Waals surface area contributed by atoms with Gasteiger partial charge in [-0.05, 0) is 50.5 Å². The van der Waals surface area contributed by atoms with Gasteiger partial charge in [-0.15, -0.1) is 0 Å². The number of ether oxygens (including phenoxy) is 2. The molecule has 116 valence electrons. The molecule has 1 aromatic rings. The Labute approximate surface area is 127 Å². The highest BCUT2D eigenvalue weighted by molar-refractivity contribution is 5.75. The number of unbranched alkanes of at least 4 members (excludes halogenated alkanes) is 2. The van der Waals surface area contributed by atoms with E-state index in [9.17, 15) is 4.79 Å². The molecule has 0 aliphatic heterocycles. The molecule has 0 fully saturated rings. The van der Waals surface area contributed by atoms with E-state index in [1.54, 1.807) is 0 Å². The predicted octanol–water partition coefficient (Wildman–Crippen LogP) is 3.63. The third-order valence-electron chi connectivity index (χ3n) is 3.26. The second-order valence-electron chi connectivity index (χ2n) is 4.71. The predicted molar refractivity (Wildman–Crippen MR) is 85.7 cm³/mol. The van der Waals surface area contributed by atoms with Gasteiger partial charge in [0.15, 0.2) is 6.79 Å². The first-order chi connectivity index (χ1) is 10.3. The standard InChI is InChI=1S/C17H25NO3/c1-3-18(17-10-8-16(14-19)9-11-17)12-6-5-7-13-21-15-20-4-2/h4,8-11,14H,2-3,5-7,12-13,15H2,1H3. The zero-order valence-electron chi connectivity index (χ0n) is 12.8. The molecule has 4 heteroatoms. The first kappa shape index (κ1) is 17.2. The molecule has 0 spiro atoms. The Morgan fingerprint density at radius 1 is 1.19 bits per heavy atom. The Balaban J connectivity index is 2.21. The van der Waals surface area contributed by atoms with Crippen molar-refractivity contribution in [3.05, 3.63) is 42.7 Å². The van der Waals surface area contributed by atoms with Gasteiger partial charge in [0.05, 0.1) is 12.9 Å². The Kier molecular flexibility index (Phi) is 8.96. The van der Waals surface area contributed by atoms with Crippen LogP contribution < -0.4 is 4.90 Å². The first-order valence-corrected chi connectivity index (χ1v) is 7.42. The highest BCUT2D eigenvalue weighted by Crippen LogP contribution is 2.15. The Morgan fingerprint density at radius 2 is 1.95 bits per heavy atom. The number of rotatable bonds is 12. The Morgan fingerprint density at radius 3 is 2.57 bits per heavy atom. The minimum absolute atomic E-state index is 0.285. The molecular weight excluding hydrogens is 266 g/mol. The number of carbonyl (C=O) groups is 1. The summed E-state index contributed by atoms with van der Waals surface area (Å²) >= 11 is 0. The maximum Gasteiger partial charge on any atom is 0.188 e. The topological polar surface area (TPSA) is 38.8 Å². The van der Waals surface area contributed by atoms with Gasteiger partial charge in [-0.25, -0.2) is 0 Å². The minimum Gasteiger partial charge on any atom is -0.476 e. The number of hydrogen-bond donors (Lipinski definition) is 0. The number of benzene rings is 1. The molecule has 0 aliphatic rings. The summed E-state index contributed by atoms with van der Waals surface area (Å²) in [4.78, 5) is 13.0. The molecule has 0 atom stereocenters. The van der Waals surface area contributed by atoms with Gasteiger partial charge in [0, 0.05) is 24.3 Å². The van der Waals surface area contributed by atoms with E-state index < -0.39 is 0 Å². The van der Waals surface area contributed by atoms with Crippen molar-refractivity contribution in [2.45, 2.75) is 26.2 Å². The van der Waals surface area contributed by atoms with Crippen LogP contribution in [0.5, 0.6) is 0 Å². The van der Waals surface area contributed by atoms with Crippen LogP contribution >= 0.6 is 0 Å². The SMILES string of the molecule is C=COCOCCCCCN(CC)c1ccc(C=O)cc1. The molecule has 0 N–H and O–H groups in total. The summed E-state index contributed by atoms with van der Waals surface area (Å²) in [5.74, 6) is 0. The van der Waals surface area contributed by atoms with Crippen LogP contribution in [0.3, 0.4) is 0 Å². The van der Waals surface area contributed by atoms with Crippen molar-refractivity contribution in [2.75, 3.05) is 31.4 Å². The van der Waals surface area contributed by atoms with E-state index in [0.717, 1.165) is 38.6 Å². The summed E-state index contributed by atoms with van der Waals surface area (Å²) in [7, 11) is 0. The van der Waals surface area contributed by atoms with Crippen LogP contribution in [0.15, 0.2) is 37.1 Å². The van der Waals surface area contributed by atoms with E-state index in [1.165, 1.54) is 11.9 Å². The average Bonchev–Trinajstić information content (AvgIpc) is 2.54. The third kappa shape index (κ3) is 6.95. The molecule has 0 unspecified atom stereocenters. The summed E-state index contributed by atoms with van der Waals surface area (Å²) in [6, 6.07) is 7.73. The van der Waals surface area contributed by atoms with Crippen molar-refractivity contribution >= 4 is 12.0 Å². The van der Waals surface area contributed by atoms with Crippen molar-refractivity contribution in [1.29, 1.82) is 0 Å². The Bertz CT molecular complexity index is 403. The molecule has 0 radical (unpaired) electrons. The van der Waals surface area contributed by atoms with Crippen molar-refractivity contribution in [3.63, 3.8) is 0 Å². The summed E-state index contributed by atoms with van der Waals surface area (Å²) in [5, 5.41) is 0. The Hall–Kier alpha value is -1.81. The van der Waals surface area contributed by atoms with E-state index in [4.69, 9.17) is 9.47 Å². The smallest absolute Gasteiger partial charge is 0.188 e. The van der Waals surface area contributed by atoms with Gasteiger partial charge in [-0.3, -0.25) is 4.79 Å². The quantitative estimate of drug-likeness (QED) is 0.255. The fourth-order valence-corrected chi connectivity index (χ4v) is 2.07. The fraction of sp³-hybridized carbons (Fsp3) is 0.471. The molecule has 0 aliphatic carbocycles. The lowest BCUT2D eigenvalue weighted by molar-refractivity contribution is -0.0122. The van der Waals surface area contributed by atoms with Gasteiger partial charge in [0.1, 0.15) is 6.29 Å². The lowest BCUT2D eigenvalue weighted by atomic mass is 10.2. The summed E-state index contributed by atoms with van der Waals surface area (Å²) in [6.07, 6.45) is 5.53.